The van der Waals surface area contributed by atoms with Crippen molar-refractivity contribution in [1.29, 1.82) is 0 Å². The summed E-state index contributed by atoms with van der Waals surface area (Å²) in [5.74, 6) is -0.245. The number of nitrogens with one attached hydrogen (secondary N) is 1. The third kappa shape index (κ3) is 4.43. The molecular weight excluding hydrogens is 260 g/mol. The van der Waals surface area contributed by atoms with E-state index in [-0.39, 0.29) is 17.9 Å². The third-order valence-electron chi connectivity index (χ3n) is 3.69. The van der Waals surface area contributed by atoms with Crippen LogP contribution in [0.3, 0.4) is 0 Å². The molecule has 0 radical (unpaired) electrons. The molecule has 110 valence electrons. The van der Waals surface area contributed by atoms with E-state index < -0.39 is 0 Å². The topological polar surface area (TPSA) is 55.1 Å². The van der Waals surface area contributed by atoms with Gasteiger partial charge in [-0.3, -0.25) is 4.79 Å². The van der Waals surface area contributed by atoms with Gasteiger partial charge in [-0.15, -0.1) is 0 Å². The number of nitrogens with two attached hydrogens (primary N) is 1. The van der Waals surface area contributed by atoms with Crippen LogP contribution in [-0.4, -0.2) is 12.5 Å². The van der Waals surface area contributed by atoms with E-state index in [1.165, 1.54) is 5.56 Å². The zero-order valence-corrected chi connectivity index (χ0v) is 12.3. The lowest BCUT2D eigenvalue weighted by atomic mass is 9.94. The first kappa shape index (κ1) is 15.3. The van der Waals surface area contributed by atoms with E-state index >= 15 is 0 Å². The van der Waals surface area contributed by atoms with Gasteiger partial charge in [0.1, 0.15) is 0 Å². The van der Waals surface area contributed by atoms with E-state index in [9.17, 15) is 4.79 Å². The highest BCUT2D eigenvalue weighted by atomic mass is 16.1. The summed E-state index contributed by atoms with van der Waals surface area (Å²) in [6.45, 7) is 2.50. The Morgan fingerprint density at radius 2 is 1.62 bits per heavy atom. The summed E-state index contributed by atoms with van der Waals surface area (Å²) in [5.41, 5.74) is 8.37. The molecule has 1 amide bonds. The lowest BCUT2D eigenvalue weighted by Crippen LogP contribution is -2.36. The van der Waals surface area contributed by atoms with Crippen LogP contribution < -0.4 is 11.1 Å². The van der Waals surface area contributed by atoms with Crippen LogP contribution in [0.2, 0.25) is 0 Å². The van der Waals surface area contributed by atoms with Gasteiger partial charge in [-0.2, -0.15) is 0 Å². The number of hydrogen-bond acceptors (Lipinski definition) is 2. The van der Waals surface area contributed by atoms with E-state index in [0.29, 0.717) is 6.54 Å². The van der Waals surface area contributed by atoms with Crippen LogP contribution in [0.15, 0.2) is 60.7 Å². The molecule has 3 N–H and O–H groups in total. The van der Waals surface area contributed by atoms with Gasteiger partial charge >= 0.3 is 0 Å². The van der Waals surface area contributed by atoms with Gasteiger partial charge in [0.2, 0.25) is 5.91 Å². The Kier molecular flexibility index (Phi) is 5.52. The Morgan fingerprint density at radius 1 is 1.05 bits per heavy atom. The molecule has 0 aromatic heterocycles. The molecule has 0 saturated carbocycles. The van der Waals surface area contributed by atoms with Crippen molar-refractivity contribution in [3.05, 3.63) is 71.8 Å². The number of amides is 1. The van der Waals surface area contributed by atoms with Crippen molar-refractivity contribution in [2.45, 2.75) is 19.4 Å². The van der Waals surface area contributed by atoms with Crippen molar-refractivity contribution in [3.8, 4) is 0 Å². The molecule has 2 atom stereocenters. The molecule has 0 spiro atoms. The molecule has 3 nitrogen and oxygen atoms in total. The van der Waals surface area contributed by atoms with E-state index in [1.807, 2.05) is 55.5 Å². The average molecular weight is 282 g/mol. The Morgan fingerprint density at radius 3 is 2.24 bits per heavy atom. The predicted octanol–water partition coefficient (Wildman–Crippen LogP) is 2.68. The van der Waals surface area contributed by atoms with Crippen LogP contribution >= 0.6 is 0 Å². The lowest BCUT2D eigenvalue weighted by molar-refractivity contribution is -0.125. The van der Waals surface area contributed by atoms with Gasteiger partial charge in [0.15, 0.2) is 0 Å². The lowest BCUT2D eigenvalue weighted by Gasteiger charge is -2.19. The fraction of sp³-hybridized carbons (Fsp3) is 0.278. The molecule has 2 unspecified atom stereocenters. The van der Waals surface area contributed by atoms with E-state index in [2.05, 4.69) is 17.4 Å². The summed E-state index contributed by atoms with van der Waals surface area (Å²) >= 11 is 0. The zero-order chi connectivity index (χ0) is 15.1. The maximum absolute atomic E-state index is 12.2. The van der Waals surface area contributed by atoms with Gasteiger partial charge in [0, 0.05) is 12.6 Å². The number of carbonyl (C=O) groups excluding carboxylic acids is 1. The van der Waals surface area contributed by atoms with Gasteiger partial charge in [-0.1, -0.05) is 67.6 Å². The maximum Gasteiger partial charge on any atom is 0.224 e. The second kappa shape index (κ2) is 7.60. The molecule has 0 fully saturated rings. The molecule has 2 rings (SSSR count). The van der Waals surface area contributed by atoms with Crippen molar-refractivity contribution < 1.29 is 4.79 Å². The minimum absolute atomic E-state index is 0.00211. The summed E-state index contributed by atoms with van der Waals surface area (Å²) in [4.78, 5) is 12.2. The minimum atomic E-state index is -0.275. The molecule has 0 bridgehead atoms. The largest absolute Gasteiger partial charge is 0.355 e. The summed E-state index contributed by atoms with van der Waals surface area (Å²) in [6, 6.07) is 19.6. The van der Waals surface area contributed by atoms with Crippen LogP contribution in [0, 0.1) is 5.92 Å². The Hall–Kier alpha value is -2.13. The quantitative estimate of drug-likeness (QED) is 0.856. The smallest absolute Gasteiger partial charge is 0.224 e. The molecule has 0 heterocycles. The molecule has 2 aromatic carbocycles. The fourth-order valence-electron chi connectivity index (χ4n) is 2.26. The normalized spacial score (nSPS) is 13.4. The molecule has 0 saturated heterocycles. The molecule has 2 aromatic rings. The highest BCUT2D eigenvalue weighted by Crippen LogP contribution is 2.18. The second-order valence-electron chi connectivity index (χ2n) is 5.25. The summed E-state index contributed by atoms with van der Waals surface area (Å²) < 4.78 is 0. The third-order valence-corrected chi connectivity index (χ3v) is 3.69. The second-order valence-corrected chi connectivity index (χ2v) is 5.25. The Balaban J connectivity index is 1.82. The molecule has 0 aliphatic rings. The maximum atomic E-state index is 12.2. The van der Waals surface area contributed by atoms with Crippen LogP contribution in [0.4, 0.5) is 0 Å². The standard InChI is InChI=1S/C18H22N2O/c1-14(17(19)16-10-6-3-7-11-16)18(21)20-13-12-15-8-4-2-5-9-15/h2-11,14,17H,12-13,19H2,1H3,(H,20,21). The number of hydrogen-bond donors (Lipinski definition) is 2. The average Bonchev–Trinajstić information content (AvgIpc) is 2.55. The van der Waals surface area contributed by atoms with Crippen molar-refractivity contribution >= 4 is 5.91 Å². The van der Waals surface area contributed by atoms with Crippen molar-refractivity contribution in [1.82, 2.24) is 5.32 Å². The van der Waals surface area contributed by atoms with E-state index in [4.69, 9.17) is 5.73 Å². The SMILES string of the molecule is CC(C(=O)NCCc1ccccc1)C(N)c1ccccc1. The molecule has 3 heteroatoms. The van der Waals surface area contributed by atoms with Crippen LogP contribution in [0.25, 0.3) is 0 Å². The van der Waals surface area contributed by atoms with Gasteiger partial charge < -0.3 is 11.1 Å². The van der Waals surface area contributed by atoms with E-state index in [0.717, 1.165) is 12.0 Å². The fourth-order valence-corrected chi connectivity index (χ4v) is 2.26. The monoisotopic (exact) mass is 282 g/mol. The molecule has 21 heavy (non-hydrogen) atoms. The summed E-state index contributed by atoms with van der Waals surface area (Å²) in [5, 5.41) is 2.96. The minimum Gasteiger partial charge on any atom is -0.355 e. The van der Waals surface area contributed by atoms with Gasteiger partial charge in [-0.05, 0) is 17.5 Å². The summed E-state index contributed by atoms with van der Waals surface area (Å²) in [7, 11) is 0. The Bertz CT molecular complexity index is 554. The first-order chi connectivity index (χ1) is 10.2. The van der Waals surface area contributed by atoms with Gasteiger partial charge in [0.05, 0.1) is 5.92 Å². The van der Waals surface area contributed by atoms with Crippen LogP contribution in [-0.2, 0) is 11.2 Å². The van der Waals surface area contributed by atoms with Crippen LogP contribution in [0.5, 0.6) is 0 Å². The van der Waals surface area contributed by atoms with Crippen LogP contribution in [0.1, 0.15) is 24.1 Å². The zero-order valence-electron chi connectivity index (χ0n) is 12.3. The molecule has 0 aliphatic heterocycles. The summed E-state index contributed by atoms with van der Waals surface area (Å²) in [6.07, 6.45) is 0.833. The first-order valence-electron chi connectivity index (χ1n) is 7.30. The number of benzene rings is 2. The van der Waals surface area contributed by atoms with E-state index in [1.54, 1.807) is 0 Å². The van der Waals surface area contributed by atoms with Crippen molar-refractivity contribution in [2.75, 3.05) is 6.54 Å². The van der Waals surface area contributed by atoms with Crippen molar-refractivity contribution in [2.24, 2.45) is 11.7 Å². The van der Waals surface area contributed by atoms with Crippen molar-refractivity contribution in [3.63, 3.8) is 0 Å². The predicted molar refractivity (Wildman–Crippen MR) is 85.7 cm³/mol. The van der Waals surface area contributed by atoms with Gasteiger partial charge in [-0.25, -0.2) is 0 Å². The van der Waals surface area contributed by atoms with Gasteiger partial charge in [0.25, 0.3) is 0 Å². The number of carbonyl (C=O) groups is 1. The number of rotatable bonds is 6. The highest BCUT2D eigenvalue weighted by molar-refractivity contribution is 5.79. The molecule has 0 aliphatic carbocycles. The first-order valence-corrected chi connectivity index (χ1v) is 7.30. The highest BCUT2D eigenvalue weighted by Gasteiger charge is 2.21. The Labute approximate surface area is 126 Å². The molecular formula is C18H22N2O.